The van der Waals surface area contributed by atoms with E-state index in [2.05, 4.69) is 197 Å². The Morgan fingerprint density at radius 1 is 0.404 bits per heavy atom. The fourth-order valence-corrected chi connectivity index (χ4v) is 8.08. The van der Waals surface area contributed by atoms with E-state index in [0.717, 1.165) is 17.8 Å². The first-order valence-electron chi connectivity index (χ1n) is 18.5. The van der Waals surface area contributed by atoms with Gasteiger partial charge < -0.3 is 9.13 Å². The molecule has 0 N–H and O–H groups in total. The second kappa shape index (κ2) is 13.4. The van der Waals surface area contributed by atoms with Gasteiger partial charge in [0.05, 0.1) is 22.1 Å². The Morgan fingerprint density at radius 3 is 1.29 bits per heavy atom. The molecule has 1 unspecified atom stereocenters. The van der Waals surface area contributed by atoms with Crippen LogP contribution in [0.4, 0.5) is 0 Å². The molecule has 0 saturated heterocycles. The highest BCUT2D eigenvalue weighted by Gasteiger charge is 2.19. The first kappa shape index (κ1) is 31.6. The zero-order chi connectivity index (χ0) is 35.0. The zero-order valence-electron chi connectivity index (χ0n) is 29.6. The molecule has 7 aromatic carbocycles. The Bertz CT molecular complexity index is 2550. The second-order valence-corrected chi connectivity index (χ2v) is 13.3. The lowest BCUT2D eigenvalue weighted by molar-refractivity contribution is 0.854. The van der Waals surface area contributed by atoms with Crippen molar-refractivity contribution in [1.29, 1.82) is 0 Å². The maximum atomic E-state index is 2.45. The minimum absolute atomic E-state index is 0.333. The first-order valence-corrected chi connectivity index (χ1v) is 18.5. The van der Waals surface area contributed by atoms with E-state index in [1.165, 1.54) is 71.4 Å². The van der Waals surface area contributed by atoms with Crippen molar-refractivity contribution in [3.05, 3.63) is 194 Å². The third kappa shape index (κ3) is 5.36. The van der Waals surface area contributed by atoms with Crippen LogP contribution in [0.15, 0.2) is 188 Å². The van der Waals surface area contributed by atoms with Crippen LogP contribution in [0.3, 0.4) is 0 Å². The van der Waals surface area contributed by atoms with E-state index in [1.807, 2.05) is 13.8 Å². The highest BCUT2D eigenvalue weighted by Crippen LogP contribution is 2.40. The molecule has 0 saturated carbocycles. The van der Waals surface area contributed by atoms with Crippen LogP contribution in [0.1, 0.15) is 31.7 Å². The summed E-state index contributed by atoms with van der Waals surface area (Å²) < 4.78 is 4.89. The molecule has 9 aromatic rings. The molecular formula is C50H40N2. The number of allylic oxidation sites excluding steroid dienone is 4. The summed E-state index contributed by atoms with van der Waals surface area (Å²) in [5.41, 5.74) is 13.3. The number of hydrogen-bond donors (Lipinski definition) is 0. The molecule has 0 amide bonds. The molecule has 2 nitrogen and oxygen atoms in total. The Kier molecular flexibility index (Phi) is 8.14. The van der Waals surface area contributed by atoms with E-state index in [9.17, 15) is 0 Å². The average molecular weight is 669 g/mol. The van der Waals surface area contributed by atoms with Gasteiger partial charge >= 0.3 is 0 Å². The van der Waals surface area contributed by atoms with Gasteiger partial charge in [-0.25, -0.2) is 0 Å². The number of hydrogen-bond acceptors (Lipinski definition) is 0. The van der Waals surface area contributed by atoms with Gasteiger partial charge in [-0.1, -0.05) is 153 Å². The van der Waals surface area contributed by atoms with Crippen molar-refractivity contribution in [3.63, 3.8) is 0 Å². The monoisotopic (exact) mass is 668 g/mol. The van der Waals surface area contributed by atoms with E-state index < -0.39 is 0 Å². The summed E-state index contributed by atoms with van der Waals surface area (Å²) >= 11 is 0. The summed E-state index contributed by atoms with van der Waals surface area (Å²) in [6.45, 7) is 4.00. The van der Waals surface area contributed by atoms with E-state index in [4.69, 9.17) is 0 Å². The summed E-state index contributed by atoms with van der Waals surface area (Å²) in [6, 6.07) is 60.3. The molecular weight excluding hydrogens is 629 g/mol. The van der Waals surface area contributed by atoms with Crippen LogP contribution in [-0.2, 0) is 0 Å². The van der Waals surface area contributed by atoms with E-state index in [1.54, 1.807) is 0 Å². The highest BCUT2D eigenvalue weighted by molar-refractivity contribution is 6.10. The zero-order valence-corrected chi connectivity index (χ0v) is 29.6. The van der Waals surface area contributed by atoms with Crippen molar-refractivity contribution < 1.29 is 0 Å². The van der Waals surface area contributed by atoms with Gasteiger partial charge in [-0.15, -0.1) is 0 Å². The molecule has 2 aromatic heterocycles. The predicted molar refractivity (Wildman–Crippen MR) is 223 cm³/mol. The SMILES string of the molecule is C1=CCC(c2cc(-c3ccccc3)cc(-c3cc(-n4c5ccccc5c5ccccc54)cc(-n4c5ccccc5c5ccccc54)c3)c2)C=C1.CC. The summed E-state index contributed by atoms with van der Waals surface area (Å²) in [5, 5.41) is 5.05. The fraction of sp³-hybridized carbons (Fsp3) is 0.0800. The van der Waals surface area contributed by atoms with Crippen molar-refractivity contribution in [2.45, 2.75) is 26.2 Å². The standard InChI is InChI=1S/C48H34N2.C2H6/c1-3-15-33(16-4-1)35-27-36(34-17-5-2-6-18-34)29-37(28-35)38-30-39(49-45-23-11-7-19-41(45)42-20-8-12-24-46(42)49)32-40(31-38)50-47-25-13-9-21-43(47)44-22-10-14-26-48(44)50;1-2/h1-17,19-32,34H,18H2;1-2H3. The molecule has 0 bridgehead atoms. The van der Waals surface area contributed by atoms with Crippen molar-refractivity contribution in [2.75, 3.05) is 0 Å². The smallest absolute Gasteiger partial charge is 0.0541 e. The highest BCUT2D eigenvalue weighted by atomic mass is 15.0. The van der Waals surface area contributed by atoms with Gasteiger partial charge in [-0.2, -0.15) is 0 Å². The molecule has 2 heteroatoms. The van der Waals surface area contributed by atoms with E-state index in [0.29, 0.717) is 5.92 Å². The maximum absolute atomic E-state index is 2.45. The van der Waals surface area contributed by atoms with Gasteiger partial charge in [0.2, 0.25) is 0 Å². The van der Waals surface area contributed by atoms with Crippen molar-refractivity contribution in [2.24, 2.45) is 0 Å². The largest absolute Gasteiger partial charge is 0.309 e. The summed E-state index contributed by atoms with van der Waals surface area (Å²) in [4.78, 5) is 0. The maximum Gasteiger partial charge on any atom is 0.0541 e. The van der Waals surface area contributed by atoms with E-state index >= 15 is 0 Å². The molecule has 10 rings (SSSR count). The van der Waals surface area contributed by atoms with Crippen LogP contribution in [-0.4, -0.2) is 9.13 Å². The summed E-state index contributed by atoms with van der Waals surface area (Å²) in [5.74, 6) is 0.333. The minimum Gasteiger partial charge on any atom is -0.309 e. The van der Waals surface area contributed by atoms with Crippen LogP contribution in [0, 0.1) is 0 Å². The molecule has 0 aliphatic heterocycles. The number of nitrogens with zero attached hydrogens (tertiary/aromatic N) is 2. The summed E-state index contributed by atoms with van der Waals surface area (Å²) in [6.07, 6.45) is 9.97. The quantitative estimate of drug-likeness (QED) is 0.173. The lowest BCUT2D eigenvalue weighted by Crippen LogP contribution is -2.01. The lowest BCUT2D eigenvalue weighted by atomic mass is 9.87. The minimum atomic E-state index is 0.333. The van der Waals surface area contributed by atoms with Crippen molar-refractivity contribution in [1.82, 2.24) is 9.13 Å². The Labute approximate surface area is 305 Å². The molecule has 1 aliphatic carbocycles. The van der Waals surface area contributed by atoms with Crippen molar-refractivity contribution in [3.8, 4) is 33.6 Å². The van der Waals surface area contributed by atoms with Crippen LogP contribution < -0.4 is 0 Å². The van der Waals surface area contributed by atoms with E-state index in [-0.39, 0.29) is 0 Å². The Hall–Kier alpha value is -6.38. The molecule has 0 radical (unpaired) electrons. The number of benzene rings is 7. The van der Waals surface area contributed by atoms with Gasteiger partial charge in [0, 0.05) is 38.8 Å². The van der Waals surface area contributed by atoms with Gasteiger partial charge in [0.1, 0.15) is 0 Å². The van der Waals surface area contributed by atoms with Gasteiger partial charge in [-0.3, -0.25) is 0 Å². The molecule has 52 heavy (non-hydrogen) atoms. The number of rotatable bonds is 5. The molecule has 2 heterocycles. The van der Waals surface area contributed by atoms with Crippen LogP contribution in [0.2, 0.25) is 0 Å². The molecule has 0 spiro atoms. The normalized spacial score (nSPS) is 13.9. The number of aromatic nitrogens is 2. The number of para-hydroxylation sites is 4. The number of fused-ring (bicyclic) bond motifs is 6. The third-order valence-electron chi connectivity index (χ3n) is 10.4. The topological polar surface area (TPSA) is 9.86 Å². The predicted octanol–water partition coefficient (Wildman–Crippen LogP) is 13.8. The van der Waals surface area contributed by atoms with Gasteiger partial charge in [0.15, 0.2) is 0 Å². The molecule has 1 atom stereocenters. The Morgan fingerprint density at radius 2 is 0.827 bits per heavy atom. The van der Waals surface area contributed by atoms with Crippen LogP contribution in [0.5, 0.6) is 0 Å². The average Bonchev–Trinajstić information content (AvgIpc) is 3.75. The first-order chi connectivity index (χ1) is 25.8. The fourth-order valence-electron chi connectivity index (χ4n) is 8.08. The summed E-state index contributed by atoms with van der Waals surface area (Å²) in [7, 11) is 0. The van der Waals surface area contributed by atoms with Crippen LogP contribution in [0.25, 0.3) is 77.2 Å². The lowest BCUT2D eigenvalue weighted by Gasteiger charge is -2.19. The molecule has 0 fully saturated rings. The molecule has 250 valence electrons. The Balaban J connectivity index is 0.00000177. The van der Waals surface area contributed by atoms with Gasteiger partial charge in [-0.05, 0) is 82.8 Å². The van der Waals surface area contributed by atoms with Crippen LogP contribution >= 0.6 is 0 Å². The third-order valence-corrected chi connectivity index (χ3v) is 10.4. The van der Waals surface area contributed by atoms with Gasteiger partial charge in [0.25, 0.3) is 0 Å². The second-order valence-electron chi connectivity index (χ2n) is 13.3. The van der Waals surface area contributed by atoms with Crippen molar-refractivity contribution >= 4 is 43.6 Å². The molecule has 1 aliphatic rings.